The van der Waals surface area contributed by atoms with E-state index in [1.807, 2.05) is 13.8 Å². The number of aryl methyl sites for hydroxylation is 2. The maximum absolute atomic E-state index is 12.6. The lowest BCUT2D eigenvalue weighted by Gasteiger charge is -2.10. The van der Waals surface area contributed by atoms with Gasteiger partial charge >= 0.3 is 0 Å². The summed E-state index contributed by atoms with van der Waals surface area (Å²) in [5, 5.41) is 4.93. The monoisotopic (exact) mass is 368 g/mol. The van der Waals surface area contributed by atoms with Crippen LogP contribution in [0.3, 0.4) is 0 Å². The molecule has 0 saturated heterocycles. The van der Waals surface area contributed by atoms with E-state index in [0.717, 1.165) is 11.3 Å². The quantitative estimate of drug-likeness (QED) is 0.567. The van der Waals surface area contributed by atoms with Crippen LogP contribution in [0.4, 0.5) is 0 Å². The Kier molecular flexibility index (Phi) is 5.14. The van der Waals surface area contributed by atoms with Gasteiger partial charge in [0.2, 0.25) is 5.43 Å². The van der Waals surface area contributed by atoms with Crippen LogP contribution in [0.5, 0.6) is 0 Å². The minimum Gasteiger partial charge on any atom is -0.332 e. The second-order valence-electron chi connectivity index (χ2n) is 5.73. The molecule has 6 nitrogen and oxygen atoms in total. The molecule has 0 fully saturated rings. The van der Waals surface area contributed by atoms with Gasteiger partial charge in [0.15, 0.2) is 0 Å². The second kappa shape index (κ2) is 7.49. The number of nitrogens with one attached hydrogen (secondary N) is 1. The number of hydrazone groups is 1. The van der Waals surface area contributed by atoms with E-state index in [0.29, 0.717) is 22.6 Å². The highest BCUT2D eigenvalue weighted by molar-refractivity contribution is 6.30. The van der Waals surface area contributed by atoms with E-state index in [1.165, 1.54) is 12.4 Å². The highest BCUT2D eigenvalue weighted by Gasteiger charge is 2.15. The Balaban J connectivity index is 1.90. The van der Waals surface area contributed by atoms with Crippen molar-refractivity contribution >= 4 is 34.8 Å². The second-order valence-corrected chi connectivity index (χ2v) is 6.17. The van der Waals surface area contributed by atoms with Crippen molar-refractivity contribution in [3.05, 3.63) is 74.7 Å². The van der Waals surface area contributed by atoms with Crippen molar-refractivity contribution in [2.75, 3.05) is 0 Å². The normalized spacial score (nSPS) is 11.2. The standard InChI is InChI=1S/C19H17ClN4O2/c1-3-24-11-16(17(25)15-9-4-12(2)22-18(15)24)19(26)23-21-10-13-5-7-14(20)8-6-13/h4-11H,3H2,1-2H3,(H,23,26)/b21-10+. The molecule has 0 unspecified atom stereocenters. The smallest absolute Gasteiger partial charge is 0.276 e. The van der Waals surface area contributed by atoms with Crippen LogP contribution in [0.25, 0.3) is 11.0 Å². The first-order valence-corrected chi connectivity index (χ1v) is 8.47. The average Bonchev–Trinajstić information content (AvgIpc) is 2.63. The van der Waals surface area contributed by atoms with Crippen LogP contribution in [-0.2, 0) is 6.54 Å². The van der Waals surface area contributed by atoms with E-state index in [9.17, 15) is 9.59 Å². The lowest BCUT2D eigenvalue weighted by molar-refractivity contribution is 0.0953. The molecule has 0 aliphatic carbocycles. The van der Waals surface area contributed by atoms with Gasteiger partial charge in [0.1, 0.15) is 11.2 Å². The molecular formula is C19H17ClN4O2. The fourth-order valence-corrected chi connectivity index (χ4v) is 2.66. The van der Waals surface area contributed by atoms with Crippen LogP contribution >= 0.6 is 11.6 Å². The zero-order valence-electron chi connectivity index (χ0n) is 14.4. The molecular weight excluding hydrogens is 352 g/mol. The van der Waals surface area contributed by atoms with Crippen molar-refractivity contribution in [1.29, 1.82) is 0 Å². The average molecular weight is 369 g/mol. The fraction of sp³-hybridized carbons (Fsp3) is 0.158. The van der Waals surface area contributed by atoms with E-state index >= 15 is 0 Å². The minimum atomic E-state index is -0.565. The van der Waals surface area contributed by atoms with Crippen LogP contribution in [0.2, 0.25) is 5.02 Å². The molecule has 0 aliphatic heterocycles. The maximum Gasteiger partial charge on any atom is 0.276 e. The maximum atomic E-state index is 12.6. The third kappa shape index (κ3) is 3.65. The van der Waals surface area contributed by atoms with Crippen molar-refractivity contribution in [2.45, 2.75) is 20.4 Å². The van der Waals surface area contributed by atoms with Gasteiger partial charge in [-0.3, -0.25) is 9.59 Å². The number of rotatable bonds is 4. The molecule has 3 rings (SSSR count). The number of pyridine rings is 2. The Morgan fingerprint density at radius 3 is 2.69 bits per heavy atom. The molecule has 1 amide bonds. The van der Waals surface area contributed by atoms with Crippen molar-refractivity contribution in [2.24, 2.45) is 5.10 Å². The van der Waals surface area contributed by atoms with Crippen LogP contribution in [0.1, 0.15) is 28.5 Å². The van der Waals surface area contributed by atoms with Crippen molar-refractivity contribution in [1.82, 2.24) is 15.0 Å². The summed E-state index contributed by atoms with van der Waals surface area (Å²) in [6.45, 7) is 4.37. The van der Waals surface area contributed by atoms with Crippen LogP contribution in [0, 0.1) is 6.92 Å². The number of carbonyl (C=O) groups is 1. The topological polar surface area (TPSA) is 76.3 Å². The summed E-state index contributed by atoms with van der Waals surface area (Å²) in [6, 6.07) is 10.4. The predicted molar refractivity (Wildman–Crippen MR) is 103 cm³/mol. The Hall–Kier alpha value is -2.99. The molecule has 0 saturated carbocycles. The third-order valence-electron chi connectivity index (χ3n) is 3.90. The Labute approximate surface area is 155 Å². The molecule has 2 heterocycles. The van der Waals surface area contributed by atoms with Crippen molar-refractivity contribution in [3.63, 3.8) is 0 Å². The summed E-state index contributed by atoms with van der Waals surface area (Å²) in [4.78, 5) is 29.5. The zero-order chi connectivity index (χ0) is 18.7. The molecule has 0 bridgehead atoms. The number of hydrogen-bond acceptors (Lipinski definition) is 4. The van der Waals surface area contributed by atoms with Gasteiger partial charge in [-0.15, -0.1) is 0 Å². The van der Waals surface area contributed by atoms with Crippen LogP contribution < -0.4 is 10.9 Å². The first kappa shape index (κ1) is 17.8. The molecule has 0 spiro atoms. The highest BCUT2D eigenvalue weighted by Crippen LogP contribution is 2.11. The summed E-state index contributed by atoms with van der Waals surface area (Å²) in [5.74, 6) is -0.565. The van der Waals surface area contributed by atoms with E-state index in [1.54, 1.807) is 41.0 Å². The lowest BCUT2D eigenvalue weighted by Crippen LogP contribution is -2.27. The number of aromatic nitrogens is 2. The van der Waals surface area contributed by atoms with Gasteiger partial charge < -0.3 is 4.57 Å². The molecule has 26 heavy (non-hydrogen) atoms. The summed E-state index contributed by atoms with van der Waals surface area (Å²) in [5.41, 5.74) is 4.21. The number of benzene rings is 1. The van der Waals surface area contributed by atoms with E-state index in [-0.39, 0.29) is 11.0 Å². The molecule has 1 N–H and O–H groups in total. The number of carbonyl (C=O) groups excluding carboxylic acids is 1. The number of fused-ring (bicyclic) bond motifs is 1. The van der Waals surface area contributed by atoms with Crippen LogP contribution in [0.15, 0.2) is 52.5 Å². The molecule has 0 atom stereocenters. The number of halogens is 1. The molecule has 3 aromatic rings. The molecule has 0 aliphatic rings. The van der Waals surface area contributed by atoms with Gasteiger partial charge in [0.25, 0.3) is 5.91 Å². The molecule has 0 radical (unpaired) electrons. The third-order valence-corrected chi connectivity index (χ3v) is 4.15. The van der Waals surface area contributed by atoms with E-state index in [4.69, 9.17) is 11.6 Å². The summed E-state index contributed by atoms with van der Waals surface area (Å²) in [7, 11) is 0. The van der Waals surface area contributed by atoms with Gasteiger partial charge in [-0.1, -0.05) is 23.7 Å². The molecule has 7 heteroatoms. The fourth-order valence-electron chi connectivity index (χ4n) is 2.54. The Bertz CT molecular complexity index is 1060. The largest absolute Gasteiger partial charge is 0.332 e. The van der Waals surface area contributed by atoms with Crippen molar-refractivity contribution in [3.8, 4) is 0 Å². The summed E-state index contributed by atoms with van der Waals surface area (Å²) >= 11 is 5.82. The SMILES string of the molecule is CCn1cc(C(=O)N/N=C/c2ccc(Cl)cc2)c(=O)c2ccc(C)nc21. The van der Waals surface area contributed by atoms with E-state index < -0.39 is 5.91 Å². The van der Waals surface area contributed by atoms with Gasteiger partial charge in [-0.2, -0.15) is 5.10 Å². The predicted octanol–water partition coefficient (Wildman–Crippen LogP) is 3.14. The zero-order valence-corrected chi connectivity index (χ0v) is 15.1. The summed E-state index contributed by atoms with van der Waals surface area (Å²) < 4.78 is 1.78. The number of hydrogen-bond donors (Lipinski definition) is 1. The van der Waals surface area contributed by atoms with Gasteiger partial charge in [0, 0.05) is 23.5 Å². The number of amides is 1. The first-order chi connectivity index (χ1) is 12.5. The highest BCUT2D eigenvalue weighted by atomic mass is 35.5. The lowest BCUT2D eigenvalue weighted by atomic mass is 10.1. The van der Waals surface area contributed by atoms with E-state index in [2.05, 4.69) is 15.5 Å². The number of nitrogens with zero attached hydrogens (tertiary/aromatic N) is 3. The first-order valence-electron chi connectivity index (χ1n) is 8.09. The Morgan fingerprint density at radius 2 is 2.00 bits per heavy atom. The molecule has 132 valence electrons. The van der Waals surface area contributed by atoms with Gasteiger partial charge in [0.05, 0.1) is 11.6 Å². The van der Waals surface area contributed by atoms with Gasteiger partial charge in [-0.25, -0.2) is 10.4 Å². The van der Waals surface area contributed by atoms with Gasteiger partial charge in [-0.05, 0) is 43.7 Å². The van der Waals surface area contributed by atoms with Crippen LogP contribution in [-0.4, -0.2) is 21.7 Å². The summed E-state index contributed by atoms with van der Waals surface area (Å²) in [6.07, 6.45) is 3.00. The molecule has 2 aromatic heterocycles. The van der Waals surface area contributed by atoms with Crippen molar-refractivity contribution < 1.29 is 4.79 Å². The minimum absolute atomic E-state index is 0.0262. The Morgan fingerprint density at radius 1 is 1.27 bits per heavy atom. The molecule has 1 aromatic carbocycles.